The predicted molar refractivity (Wildman–Crippen MR) is 66.0 cm³/mol. The predicted octanol–water partition coefficient (Wildman–Crippen LogP) is 1.89. The van der Waals surface area contributed by atoms with Crippen LogP contribution in [0.1, 0.15) is 11.4 Å². The van der Waals surface area contributed by atoms with E-state index in [1.54, 1.807) is 31.2 Å². The maximum atomic E-state index is 11.5. The Bertz CT molecular complexity index is 608. The molecule has 0 spiro atoms. The van der Waals surface area contributed by atoms with Crippen LogP contribution in [0, 0.1) is 6.92 Å². The highest BCUT2D eigenvalue weighted by Gasteiger charge is 2.10. The van der Waals surface area contributed by atoms with E-state index in [4.69, 9.17) is 16.7 Å². The first-order chi connectivity index (χ1) is 8.11. The lowest BCUT2D eigenvalue weighted by atomic mass is 10.1. The van der Waals surface area contributed by atoms with Gasteiger partial charge < -0.3 is 10.1 Å². The second-order valence-corrected chi connectivity index (χ2v) is 4.05. The van der Waals surface area contributed by atoms with Crippen LogP contribution in [0.5, 0.6) is 0 Å². The smallest absolute Gasteiger partial charge is 0.270 e. The number of rotatable bonds is 2. The van der Waals surface area contributed by atoms with Crippen LogP contribution in [0.25, 0.3) is 11.3 Å². The number of aromatic amines is 1. The standard InChI is InChI=1S/C12H11ClN2O2/c1-7-14-11(10(13)12(17)15-7)9-4-2-3-8(5-9)6-16/h2-5,16H,6H2,1H3,(H,14,15,17). The minimum absolute atomic E-state index is 0.0608. The van der Waals surface area contributed by atoms with Gasteiger partial charge in [-0.3, -0.25) is 4.79 Å². The number of halogens is 1. The topological polar surface area (TPSA) is 66.0 Å². The van der Waals surface area contributed by atoms with Gasteiger partial charge in [-0.25, -0.2) is 4.98 Å². The Kier molecular flexibility index (Phi) is 3.26. The summed E-state index contributed by atoms with van der Waals surface area (Å²) in [5.41, 5.74) is 1.54. The van der Waals surface area contributed by atoms with E-state index in [1.807, 2.05) is 0 Å². The highest BCUT2D eigenvalue weighted by Crippen LogP contribution is 2.23. The molecule has 17 heavy (non-hydrogen) atoms. The van der Waals surface area contributed by atoms with Gasteiger partial charge in [0.2, 0.25) is 0 Å². The van der Waals surface area contributed by atoms with Crippen molar-refractivity contribution >= 4 is 11.6 Å². The van der Waals surface area contributed by atoms with Crippen LogP contribution in [0.3, 0.4) is 0 Å². The third-order valence-electron chi connectivity index (χ3n) is 2.36. The van der Waals surface area contributed by atoms with Crippen LogP contribution in [-0.2, 0) is 6.61 Å². The van der Waals surface area contributed by atoms with Crippen molar-refractivity contribution in [3.8, 4) is 11.3 Å². The Morgan fingerprint density at radius 3 is 2.94 bits per heavy atom. The van der Waals surface area contributed by atoms with Crippen LogP contribution >= 0.6 is 11.6 Å². The van der Waals surface area contributed by atoms with Crippen molar-refractivity contribution in [1.82, 2.24) is 9.97 Å². The van der Waals surface area contributed by atoms with Crippen molar-refractivity contribution in [2.24, 2.45) is 0 Å². The number of aliphatic hydroxyl groups is 1. The van der Waals surface area contributed by atoms with E-state index in [0.717, 1.165) is 11.1 Å². The molecule has 0 bridgehead atoms. The number of benzene rings is 1. The fourth-order valence-corrected chi connectivity index (χ4v) is 1.78. The molecule has 1 aromatic carbocycles. The Hall–Kier alpha value is -1.65. The summed E-state index contributed by atoms with van der Waals surface area (Å²) < 4.78 is 0. The summed E-state index contributed by atoms with van der Waals surface area (Å²) in [6.07, 6.45) is 0. The van der Waals surface area contributed by atoms with Crippen LogP contribution in [0.15, 0.2) is 29.1 Å². The number of H-pyrrole nitrogens is 1. The van der Waals surface area contributed by atoms with Crippen molar-refractivity contribution in [2.45, 2.75) is 13.5 Å². The van der Waals surface area contributed by atoms with Crippen molar-refractivity contribution in [1.29, 1.82) is 0 Å². The fourth-order valence-electron chi connectivity index (χ4n) is 1.58. The van der Waals surface area contributed by atoms with Gasteiger partial charge in [0.25, 0.3) is 5.56 Å². The van der Waals surface area contributed by atoms with Crippen molar-refractivity contribution in [2.75, 3.05) is 0 Å². The molecule has 2 aromatic rings. The Morgan fingerprint density at radius 1 is 1.47 bits per heavy atom. The largest absolute Gasteiger partial charge is 0.392 e. The van der Waals surface area contributed by atoms with E-state index < -0.39 is 0 Å². The van der Waals surface area contributed by atoms with Gasteiger partial charge in [0.05, 0.1) is 12.3 Å². The fraction of sp³-hybridized carbons (Fsp3) is 0.167. The lowest BCUT2D eigenvalue weighted by molar-refractivity contribution is 0.282. The normalized spacial score (nSPS) is 10.5. The molecule has 0 radical (unpaired) electrons. The number of nitrogens with one attached hydrogen (secondary N) is 1. The molecule has 0 saturated carbocycles. The number of aliphatic hydroxyl groups excluding tert-OH is 1. The van der Waals surface area contributed by atoms with Crippen LogP contribution in [0.4, 0.5) is 0 Å². The van der Waals surface area contributed by atoms with Crippen molar-refractivity contribution in [3.63, 3.8) is 0 Å². The second-order valence-electron chi connectivity index (χ2n) is 3.67. The molecule has 0 saturated heterocycles. The number of hydrogen-bond acceptors (Lipinski definition) is 3. The molecule has 2 rings (SSSR count). The lowest BCUT2D eigenvalue weighted by Crippen LogP contribution is -2.11. The second kappa shape index (κ2) is 4.69. The molecule has 1 heterocycles. The molecule has 0 atom stereocenters. The molecule has 2 N–H and O–H groups in total. The first-order valence-corrected chi connectivity index (χ1v) is 5.46. The molecular formula is C12H11ClN2O2. The summed E-state index contributed by atoms with van der Waals surface area (Å²) in [5, 5.41) is 9.13. The highest BCUT2D eigenvalue weighted by atomic mass is 35.5. The van der Waals surface area contributed by atoms with Gasteiger partial charge >= 0.3 is 0 Å². The van der Waals surface area contributed by atoms with E-state index in [1.165, 1.54) is 0 Å². The van der Waals surface area contributed by atoms with Gasteiger partial charge in [0, 0.05) is 5.56 Å². The zero-order valence-electron chi connectivity index (χ0n) is 9.20. The van der Waals surface area contributed by atoms with Crippen molar-refractivity contribution < 1.29 is 5.11 Å². The Morgan fingerprint density at radius 2 is 2.24 bits per heavy atom. The summed E-state index contributed by atoms with van der Waals surface area (Å²) in [6, 6.07) is 7.13. The quantitative estimate of drug-likeness (QED) is 0.855. The van der Waals surface area contributed by atoms with Gasteiger partial charge in [-0.1, -0.05) is 29.8 Å². The Balaban J connectivity index is 2.63. The molecular weight excluding hydrogens is 240 g/mol. The van der Waals surface area contributed by atoms with Crippen LogP contribution in [-0.4, -0.2) is 15.1 Å². The lowest BCUT2D eigenvalue weighted by Gasteiger charge is -2.05. The number of aryl methyl sites for hydroxylation is 1. The van der Waals surface area contributed by atoms with Gasteiger partial charge in [0.1, 0.15) is 10.8 Å². The third kappa shape index (κ3) is 2.38. The molecule has 0 unspecified atom stereocenters. The molecule has 88 valence electrons. The van der Waals surface area contributed by atoms with Crippen molar-refractivity contribution in [3.05, 3.63) is 51.0 Å². The van der Waals surface area contributed by atoms with E-state index in [9.17, 15) is 4.79 Å². The average molecular weight is 251 g/mol. The molecule has 0 aliphatic carbocycles. The minimum Gasteiger partial charge on any atom is -0.392 e. The summed E-state index contributed by atoms with van der Waals surface area (Å²) >= 11 is 5.93. The van der Waals surface area contributed by atoms with E-state index in [2.05, 4.69) is 9.97 Å². The Labute approximate surface area is 103 Å². The summed E-state index contributed by atoms with van der Waals surface area (Å²) in [5.74, 6) is 0.504. The zero-order chi connectivity index (χ0) is 12.4. The maximum Gasteiger partial charge on any atom is 0.270 e. The molecule has 1 aromatic heterocycles. The summed E-state index contributed by atoms with van der Waals surface area (Å²) in [4.78, 5) is 18.3. The van der Waals surface area contributed by atoms with Gasteiger partial charge in [-0.2, -0.15) is 0 Å². The number of nitrogens with zero attached hydrogens (tertiary/aromatic N) is 1. The maximum absolute atomic E-state index is 11.5. The van der Waals surface area contributed by atoms with Gasteiger partial charge in [-0.15, -0.1) is 0 Å². The zero-order valence-corrected chi connectivity index (χ0v) is 9.95. The molecule has 4 nitrogen and oxygen atoms in total. The minimum atomic E-state index is -0.358. The summed E-state index contributed by atoms with van der Waals surface area (Å²) in [6.45, 7) is 1.63. The first-order valence-electron chi connectivity index (χ1n) is 5.08. The SMILES string of the molecule is Cc1nc(-c2cccc(CO)c2)c(Cl)c(=O)[nH]1. The van der Waals surface area contributed by atoms with E-state index >= 15 is 0 Å². The van der Waals surface area contributed by atoms with Gasteiger partial charge in [-0.05, 0) is 18.6 Å². The number of aromatic nitrogens is 2. The number of hydrogen-bond donors (Lipinski definition) is 2. The molecule has 0 amide bonds. The molecule has 0 fully saturated rings. The van der Waals surface area contributed by atoms with Crippen LogP contribution in [0.2, 0.25) is 5.02 Å². The van der Waals surface area contributed by atoms with E-state index in [-0.39, 0.29) is 17.2 Å². The molecule has 0 aliphatic rings. The first kappa shape index (κ1) is 11.8. The van der Waals surface area contributed by atoms with Gasteiger partial charge in [0.15, 0.2) is 0 Å². The molecule has 0 aliphatic heterocycles. The highest BCUT2D eigenvalue weighted by molar-refractivity contribution is 6.32. The average Bonchev–Trinajstić information content (AvgIpc) is 2.34. The third-order valence-corrected chi connectivity index (χ3v) is 2.71. The monoisotopic (exact) mass is 250 g/mol. The van der Waals surface area contributed by atoms with Crippen LogP contribution < -0.4 is 5.56 Å². The van der Waals surface area contributed by atoms with E-state index in [0.29, 0.717) is 11.5 Å². The molecule has 5 heteroatoms. The summed E-state index contributed by atoms with van der Waals surface area (Å²) in [7, 11) is 0.